The second kappa shape index (κ2) is 2.92. The number of hydrogen-bond acceptors (Lipinski definition) is 2. The van der Waals surface area contributed by atoms with Crippen molar-refractivity contribution in [2.75, 3.05) is 0 Å². The van der Waals surface area contributed by atoms with Crippen LogP contribution in [0.25, 0.3) is 10.1 Å². The minimum Gasteiger partial charge on any atom is -0.303 e. The molecule has 1 heterocycles. The molecule has 1 saturated carbocycles. The smallest absolute Gasteiger partial charge is 0.123 e. The lowest BCUT2D eigenvalue weighted by atomic mass is 10.1. The first-order valence-electron chi connectivity index (χ1n) is 4.81. The van der Waals surface area contributed by atoms with Gasteiger partial charge in [-0.2, -0.15) is 0 Å². The van der Waals surface area contributed by atoms with E-state index in [1.165, 1.54) is 15.6 Å². The summed E-state index contributed by atoms with van der Waals surface area (Å²) < 4.78 is 1.33. The largest absolute Gasteiger partial charge is 0.303 e. The molecule has 0 aliphatic heterocycles. The summed E-state index contributed by atoms with van der Waals surface area (Å²) in [4.78, 5) is 10.6. The van der Waals surface area contributed by atoms with Crippen LogP contribution in [0.15, 0.2) is 29.6 Å². The van der Waals surface area contributed by atoms with Gasteiger partial charge < -0.3 is 4.79 Å². The quantitative estimate of drug-likeness (QED) is 0.683. The van der Waals surface area contributed by atoms with Crippen molar-refractivity contribution in [2.45, 2.75) is 12.3 Å². The number of carbonyl (C=O) groups is 1. The molecule has 0 radical (unpaired) electrons. The van der Waals surface area contributed by atoms with Crippen molar-refractivity contribution in [2.24, 2.45) is 5.92 Å². The number of benzene rings is 1. The molecule has 1 fully saturated rings. The average molecular weight is 202 g/mol. The van der Waals surface area contributed by atoms with Crippen LogP contribution < -0.4 is 0 Å². The summed E-state index contributed by atoms with van der Waals surface area (Å²) in [5.74, 6) is 0.789. The Morgan fingerprint density at radius 2 is 2.21 bits per heavy atom. The number of hydrogen-bond donors (Lipinski definition) is 0. The van der Waals surface area contributed by atoms with E-state index in [0.29, 0.717) is 5.92 Å². The first-order chi connectivity index (χ1) is 6.90. The number of thiophene rings is 1. The normalized spacial score (nSPS) is 25.1. The molecule has 2 aromatic rings. The minimum absolute atomic E-state index is 0.285. The van der Waals surface area contributed by atoms with Gasteiger partial charge in [0.15, 0.2) is 0 Å². The molecule has 0 amide bonds. The molecule has 1 aliphatic carbocycles. The van der Waals surface area contributed by atoms with Crippen LogP contribution >= 0.6 is 11.3 Å². The van der Waals surface area contributed by atoms with Crippen LogP contribution in [0.3, 0.4) is 0 Å². The molecule has 1 aliphatic rings. The number of carbonyl (C=O) groups excluding carboxylic acids is 1. The Bertz CT molecular complexity index is 486. The van der Waals surface area contributed by atoms with Crippen molar-refractivity contribution >= 4 is 27.7 Å². The fourth-order valence-corrected chi connectivity index (χ4v) is 3.03. The van der Waals surface area contributed by atoms with Gasteiger partial charge in [0.25, 0.3) is 0 Å². The topological polar surface area (TPSA) is 17.1 Å². The van der Waals surface area contributed by atoms with E-state index in [2.05, 4.69) is 29.6 Å². The van der Waals surface area contributed by atoms with Gasteiger partial charge in [0.2, 0.25) is 0 Å². The Morgan fingerprint density at radius 3 is 3.00 bits per heavy atom. The Morgan fingerprint density at radius 1 is 1.36 bits per heavy atom. The zero-order valence-electron chi connectivity index (χ0n) is 7.64. The lowest BCUT2D eigenvalue weighted by Gasteiger charge is -1.94. The molecular formula is C12H10OS. The van der Waals surface area contributed by atoms with Crippen molar-refractivity contribution in [1.29, 1.82) is 0 Å². The molecule has 14 heavy (non-hydrogen) atoms. The molecular weight excluding hydrogens is 192 g/mol. The first kappa shape index (κ1) is 8.18. The lowest BCUT2D eigenvalue weighted by molar-refractivity contribution is -0.108. The standard InChI is InChI=1S/C12H10OS/c13-6-8-5-10(8)11-7-14-12-4-2-1-3-9(11)12/h1-4,6-8,10H,5H2/t8-,10+/m0/s1. The molecule has 70 valence electrons. The van der Waals surface area contributed by atoms with Crippen LogP contribution in [0.1, 0.15) is 17.9 Å². The van der Waals surface area contributed by atoms with Gasteiger partial charge in [0, 0.05) is 10.6 Å². The molecule has 1 nitrogen and oxygen atoms in total. The molecule has 0 N–H and O–H groups in total. The highest BCUT2D eigenvalue weighted by molar-refractivity contribution is 7.17. The number of rotatable bonds is 2. The van der Waals surface area contributed by atoms with E-state index < -0.39 is 0 Å². The van der Waals surface area contributed by atoms with E-state index in [-0.39, 0.29) is 5.92 Å². The van der Waals surface area contributed by atoms with Gasteiger partial charge >= 0.3 is 0 Å². The van der Waals surface area contributed by atoms with Crippen molar-refractivity contribution in [1.82, 2.24) is 0 Å². The molecule has 0 saturated heterocycles. The second-order valence-corrected chi connectivity index (χ2v) is 4.74. The number of aldehydes is 1. The van der Waals surface area contributed by atoms with Crippen LogP contribution in [0.2, 0.25) is 0 Å². The highest BCUT2D eigenvalue weighted by atomic mass is 32.1. The number of fused-ring (bicyclic) bond motifs is 1. The molecule has 1 aromatic carbocycles. The molecule has 2 heteroatoms. The van der Waals surface area contributed by atoms with E-state index >= 15 is 0 Å². The maximum absolute atomic E-state index is 10.6. The molecule has 0 spiro atoms. The summed E-state index contributed by atoms with van der Waals surface area (Å²) in [6, 6.07) is 8.42. The van der Waals surface area contributed by atoms with E-state index in [0.717, 1.165) is 12.7 Å². The van der Waals surface area contributed by atoms with Crippen LogP contribution in [-0.4, -0.2) is 6.29 Å². The summed E-state index contributed by atoms with van der Waals surface area (Å²) in [7, 11) is 0. The van der Waals surface area contributed by atoms with Crippen molar-refractivity contribution in [3.63, 3.8) is 0 Å². The molecule has 0 bridgehead atoms. The monoisotopic (exact) mass is 202 g/mol. The second-order valence-electron chi connectivity index (χ2n) is 3.83. The maximum atomic E-state index is 10.6. The van der Waals surface area contributed by atoms with Gasteiger partial charge in [-0.3, -0.25) is 0 Å². The summed E-state index contributed by atoms with van der Waals surface area (Å²) in [6.45, 7) is 0. The highest BCUT2D eigenvalue weighted by Crippen LogP contribution is 2.49. The summed E-state index contributed by atoms with van der Waals surface area (Å²) in [6.07, 6.45) is 2.14. The fourth-order valence-electron chi connectivity index (χ4n) is 2.01. The third kappa shape index (κ3) is 1.11. The zero-order valence-corrected chi connectivity index (χ0v) is 8.46. The SMILES string of the molecule is O=C[C@@H]1C[C@H]1c1csc2ccccc12. The minimum atomic E-state index is 0.285. The maximum Gasteiger partial charge on any atom is 0.123 e. The van der Waals surface area contributed by atoms with Crippen molar-refractivity contribution in [3.05, 3.63) is 35.2 Å². The third-order valence-corrected chi connectivity index (χ3v) is 3.91. The third-order valence-electron chi connectivity index (χ3n) is 2.92. The Hall–Kier alpha value is -1.15. The molecule has 1 aromatic heterocycles. The molecule has 0 unspecified atom stereocenters. The predicted octanol–water partition coefficient (Wildman–Crippen LogP) is 3.20. The summed E-state index contributed by atoms with van der Waals surface area (Å²) in [5, 5.41) is 3.55. The van der Waals surface area contributed by atoms with E-state index in [9.17, 15) is 4.79 Å². The highest BCUT2D eigenvalue weighted by Gasteiger charge is 2.39. The van der Waals surface area contributed by atoms with Crippen LogP contribution in [0.4, 0.5) is 0 Å². The van der Waals surface area contributed by atoms with Gasteiger partial charge in [0.1, 0.15) is 6.29 Å². The van der Waals surface area contributed by atoms with Gasteiger partial charge in [-0.1, -0.05) is 18.2 Å². The lowest BCUT2D eigenvalue weighted by Crippen LogP contribution is -1.81. The van der Waals surface area contributed by atoms with Gasteiger partial charge in [-0.05, 0) is 34.7 Å². The zero-order chi connectivity index (χ0) is 9.54. The molecule has 3 rings (SSSR count). The summed E-state index contributed by atoms with van der Waals surface area (Å²) >= 11 is 1.78. The summed E-state index contributed by atoms with van der Waals surface area (Å²) in [5.41, 5.74) is 1.38. The first-order valence-corrected chi connectivity index (χ1v) is 5.69. The van der Waals surface area contributed by atoms with Crippen molar-refractivity contribution in [3.8, 4) is 0 Å². The van der Waals surface area contributed by atoms with Gasteiger partial charge in [0.05, 0.1) is 0 Å². The van der Waals surface area contributed by atoms with Crippen LogP contribution in [0, 0.1) is 5.92 Å². The Balaban J connectivity index is 2.10. The Kier molecular flexibility index (Phi) is 1.71. The van der Waals surface area contributed by atoms with E-state index in [1.807, 2.05) is 0 Å². The van der Waals surface area contributed by atoms with Gasteiger partial charge in [-0.15, -0.1) is 11.3 Å². The van der Waals surface area contributed by atoms with Crippen LogP contribution in [0.5, 0.6) is 0 Å². The van der Waals surface area contributed by atoms with E-state index in [4.69, 9.17) is 0 Å². The van der Waals surface area contributed by atoms with Crippen LogP contribution in [-0.2, 0) is 4.79 Å². The van der Waals surface area contributed by atoms with Gasteiger partial charge in [-0.25, -0.2) is 0 Å². The average Bonchev–Trinajstić information content (AvgIpc) is 2.90. The molecule has 2 atom stereocenters. The predicted molar refractivity (Wildman–Crippen MR) is 58.7 cm³/mol. The van der Waals surface area contributed by atoms with Crippen molar-refractivity contribution < 1.29 is 4.79 Å². The fraction of sp³-hybridized carbons (Fsp3) is 0.250. The van der Waals surface area contributed by atoms with E-state index in [1.54, 1.807) is 11.3 Å². The Labute approximate surface area is 86.4 Å².